The third kappa shape index (κ3) is 2.21. The summed E-state index contributed by atoms with van der Waals surface area (Å²) in [4.78, 5) is 0. The van der Waals surface area contributed by atoms with Crippen LogP contribution in [0.25, 0.3) is 0 Å². The van der Waals surface area contributed by atoms with Gasteiger partial charge in [0.15, 0.2) is 5.75 Å². The second-order valence-electron chi connectivity index (χ2n) is 4.04. The Balaban J connectivity index is 2.38. The molecule has 0 bridgehead atoms. The fraction of sp³-hybridized carbons (Fsp3) is 0.545. The summed E-state index contributed by atoms with van der Waals surface area (Å²) in [5, 5.41) is 22.3. The highest BCUT2D eigenvalue weighted by Crippen LogP contribution is 2.28. The second kappa shape index (κ2) is 5.18. The van der Waals surface area contributed by atoms with E-state index in [0.29, 0.717) is 17.1 Å². The fourth-order valence-corrected chi connectivity index (χ4v) is 1.83. The Morgan fingerprint density at radius 1 is 1.50 bits per heavy atom. The van der Waals surface area contributed by atoms with Crippen LogP contribution in [0.3, 0.4) is 0 Å². The molecule has 0 aromatic carbocycles. The van der Waals surface area contributed by atoms with E-state index in [4.69, 9.17) is 4.74 Å². The molecular weight excluding hydrogens is 234 g/mol. The van der Waals surface area contributed by atoms with Gasteiger partial charge in [-0.05, 0) is 6.42 Å². The standard InChI is InChI=1S/C11H17N5O2/c1-4-5-16-10(9(18-3)6-12-16)11(17)8-7-15(2)14-13-8/h6-7,11,17H,4-5H2,1-3H3. The molecule has 18 heavy (non-hydrogen) atoms. The first kappa shape index (κ1) is 12.6. The van der Waals surface area contributed by atoms with E-state index in [-0.39, 0.29) is 0 Å². The van der Waals surface area contributed by atoms with Gasteiger partial charge < -0.3 is 9.84 Å². The molecule has 0 aliphatic carbocycles. The zero-order chi connectivity index (χ0) is 13.1. The molecule has 98 valence electrons. The maximum atomic E-state index is 10.4. The van der Waals surface area contributed by atoms with Crippen molar-refractivity contribution in [3.05, 3.63) is 23.8 Å². The van der Waals surface area contributed by atoms with Gasteiger partial charge in [0.2, 0.25) is 0 Å². The Labute approximate surface area is 105 Å². The number of rotatable bonds is 5. The Morgan fingerprint density at radius 3 is 2.83 bits per heavy atom. The molecule has 0 aliphatic heterocycles. The minimum atomic E-state index is -0.886. The van der Waals surface area contributed by atoms with Gasteiger partial charge in [0, 0.05) is 13.6 Å². The third-order valence-electron chi connectivity index (χ3n) is 2.66. The van der Waals surface area contributed by atoms with Gasteiger partial charge >= 0.3 is 0 Å². The van der Waals surface area contributed by atoms with Crippen LogP contribution in [-0.4, -0.2) is 37.0 Å². The molecule has 0 spiro atoms. The number of methoxy groups -OCH3 is 1. The smallest absolute Gasteiger partial charge is 0.163 e. The zero-order valence-electron chi connectivity index (χ0n) is 10.7. The van der Waals surface area contributed by atoms with Crippen molar-refractivity contribution in [3.63, 3.8) is 0 Å². The SMILES string of the molecule is CCCn1ncc(OC)c1C(O)c1cn(C)nn1. The van der Waals surface area contributed by atoms with E-state index >= 15 is 0 Å². The fourth-order valence-electron chi connectivity index (χ4n) is 1.83. The number of aliphatic hydroxyl groups is 1. The molecule has 0 saturated carbocycles. The summed E-state index contributed by atoms with van der Waals surface area (Å²) in [5.74, 6) is 0.557. The molecular formula is C11H17N5O2. The maximum Gasteiger partial charge on any atom is 0.163 e. The van der Waals surface area contributed by atoms with Crippen LogP contribution in [0.4, 0.5) is 0 Å². The Hall–Kier alpha value is -1.89. The van der Waals surface area contributed by atoms with Gasteiger partial charge in [0.1, 0.15) is 17.5 Å². The van der Waals surface area contributed by atoms with Gasteiger partial charge in [-0.1, -0.05) is 12.1 Å². The van der Waals surface area contributed by atoms with Crippen molar-refractivity contribution in [2.45, 2.75) is 26.0 Å². The van der Waals surface area contributed by atoms with Crippen LogP contribution in [0.2, 0.25) is 0 Å². The second-order valence-corrected chi connectivity index (χ2v) is 4.04. The number of aliphatic hydroxyl groups excluding tert-OH is 1. The lowest BCUT2D eigenvalue weighted by Gasteiger charge is -2.12. The van der Waals surface area contributed by atoms with Crippen LogP contribution in [0.1, 0.15) is 30.8 Å². The summed E-state index contributed by atoms with van der Waals surface area (Å²) in [6.45, 7) is 2.77. The quantitative estimate of drug-likeness (QED) is 0.837. The predicted molar refractivity (Wildman–Crippen MR) is 64.1 cm³/mol. The van der Waals surface area contributed by atoms with E-state index in [0.717, 1.165) is 13.0 Å². The molecule has 0 fully saturated rings. The van der Waals surface area contributed by atoms with Gasteiger partial charge in [0.25, 0.3) is 0 Å². The normalized spacial score (nSPS) is 12.7. The van der Waals surface area contributed by atoms with E-state index in [9.17, 15) is 5.11 Å². The molecule has 0 radical (unpaired) electrons. The Morgan fingerprint density at radius 2 is 2.28 bits per heavy atom. The van der Waals surface area contributed by atoms with Crippen LogP contribution >= 0.6 is 0 Å². The minimum absolute atomic E-state index is 0.480. The number of nitrogens with zero attached hydrogens (tertiary/aromatic N) is 5. The molecule has 1 N–H and O–H groups in total. The third-order valence-corrected chi connectivity index (χ3v) is 2.66. The van der Waals surface area contributed by atoms with Crippen molar-refractivity contribution >= 4 is 0 Å². The number of aromatic nitrogens is 5. The molecule has 2 aromatic rings. The van der Waals surface area contributed by atoms with Crippen LogP contribution in [0, 0.1) is 0 Å². The summed E-state index contributed by atoms with van der Waals surface area (Å²) < 4.78 is 8.50. The molecule has 0 amide bonds. The van der Waals surface area contributed by atoms with E-state index in [1.165, 1.54) is 0 Å². The zero-order valence-corrected chi connectivity index (χ0v) is 10.7. The molecule has 7 nitrogen and oxygen atoms in total. The van der Waals surface area contributed by atoms with Gasteiger partial charge in [0.05, 0.1) is 19.5 Å². The molecule has 2 aromatic heterocycles. The largest absolute Gasteiger partial charge is 0.493 e. The van der Waals surface area contributed by atoms with Gasteiger partial charge in [-0.15, -0.1) is 5.10 Å². The lowest BCUT2D eigenvalue weighted by molar-refractivity contribution is 0.197. The van der Waals surface area contributed by atoms with Crippen LogP contribution < -0.4 is 4.74 Å². The van der Waals surface area contributed by atoms with E-state index < -0.39 is 6.10 Å². The van der Waals surface area contributed by atoms with Crippen LogP contribution in [-0.2, 0) is 13.6 Å². The summed E-state index contributed by atoms with van der Waals surface area (Å²) in [7, 11) is 3.31. The summed E-state index contributed by atoms with van der Waals surface area (Å²) in [5.41, 5.74) is 1.09. The van der Waals surface area contributed by atoms with Crippen molar-refractivity contribution in [1.82, 2.24) is 24.8 Å². The highest BCUT2D eigenvalue weighted by Gasteiger charge is 2.23. The Kier molecular flexibility index (Phi) is 3.61. The van der Waals surface area contributed by atoms with Crippen molar-refractivity contribution in [2.24, 2.45) is 7.05 Å². The molecule has 2 rings (SSSR count). The van der Waals surface area contributed by atoms with E-state index in [1.807, 2.05) is 6.92 Å². The van der Waals surface area contributed by atoms with Crippen molar-refractivity contribution in [1.29, 1.82) is 0 Å². The summed E-state index contributed by atoms with van der Waals surface area (Å²) >= 11 is 0. The van der Waals surface area contributed by atoms with Gasteiger partial charge in [-0.25, -0.2) is 0 Å². The first-order valence-electron chi connectivity index (χ1n) is 5.81. The lowest BCUT2D eigenvalue weighted by Crippen LogP contribution is -2.11. The maximum absolute atomic E-state index is 10.4. The van der Waals surface area contributed by atoms with Crippen LogP contribution in [0.15, 0.2) is 12.4 Å². The van der Waals surface area contributed by atoms with Gasteiger partial charge in [-0.3, -0.25) is 9.36 Å². The van der Waals surface area contributed by atoms with E-state index in [2.05, 4.69) is 15.4 Å². The topological polar surface area (TPSA) is 78.0 Å². The van der Waals surface area contributed by atoms with Gasteiger partial charge in [-0.2, -0.15) is 5.10 Å². The molecule has 1 atom stereocenters. The minimum Gasteiger partial charge on any atom is -0.493 e. The summed E-state index contributed by atoms with van der Waals surface area (Å²) in [6.07, 6.45) is 3.31. The molecule has 0 saturated heterocycles. The predicted octanol–water partition coefficient (Wildman–Crippen LogP) is 0.512. The molecule has 7 heteroatoms. The van der Waals surface area contributed by atoms with Crippen LogP contribution in [0.5, 0.6) is 5.75 Å². The number of aryl methyl sites for hydroxylation is 2. The van der Waals surface area contributed by atoms with Crippen molar-refractivity contribution < 1.29 is 9.84 Å². The molecule has 2 heterocycles. The number of hydrogen-bond acceptors (Lipinski definition) is 5. The highest BCUT2D eigenvalue weighted by molar-refractivity contribution is 5.31. The number of hydrogen-bond donors (Lipinski definition) is 1. The first-order valence-corrected chi connectivity index (χ1v) is 5.81. The monoisotopic (exact) mass is 251 g/mol. The average Bonchev–Trinajstić information content (AvgIpc) is 2.95. The summed E-state index contributed by atoms with van der Waals surface area (Å²) in [6, 6.07) is 0. The van der Waals surface area contributed by atoms with Crippen molar-refractivity contribution in [3.8, 4) is 5.75 Å². The number of ether oxygens (including phenoxy) is 1. The van der Waals surface area contributed by atoms with E-state index in [1.54, 1.807) is 35.9 Å². The highest BCUT2D eigenvalue weighted by atomic mass is 16.5. The Bertz CT molecular complexity index is 519. The molecule has 0 aliphatic rings. The first-order chi connectivity index (χ1) is 8.67. The molecule has 1 unspecified atom stereocenters. The van der Waals surface area contributed by atoms with Crippen molar-refractivity contribution in [2.75, 3.05) is 7.11 Å². The average molecular weight is 251 g/mol. The lowest BCUT2D eigenvalue weighted by atomic mass is 10.2.